The van der Waals surface area contributed by atoms with Gasteiger partial charge in [-0.3, -0.25) is 4.98 Å². The van der Waals surface area contributed by atoms with E-state index in [1.54, 1.807) is 12.4 Å². The van der Waals surface area contributed by atoms with E-state index in [0.29, 0.717) is 19.0 Å². The van der Waals surface area contributed by atoms with E-state index in [1.807, 2.05) is 13.0 Å². The Balaban J connectivity index is 1.66. The SMILES string of the molecule is Cc1ccncc1CNS(=O)(=O)CCCCNC1CC1. The Morgan fingerprint density at radius 1 is 1.35 bits per heavy atom. The molecule has 2 N–H and O–H groups in total. The predicted molar refractivity (Wildman–Crippen MR) is 79.9 cm³/mol. The molecule has 0 aliphatic heterocycles. The number of sulfonamides is 1. The van der Waals surface area contributed by atoms with Crippen LogP contribution in [0.5, 0.6) is 0 Å². The van der Waals surface area contributed by atoms with E-state index in [9.17, 15) is 8.42 Å². The molecule has 0 spiro atoms. The number of hydrogen-bond donors (Lipinski definition) is 2. The molecule has 0 unspecified atom stereocenters. The lowest BCUT2D eigenvalue weighted by atomic mass is 10.2. The monoisotopic (exact) mass is 297 g/mol. The fourth-order valence-corrected chi connectivity index (χ4v) is 3.06. The Kier molecular flexibility index (Phi) is 5.51. The lowest BCUT2D eigenvalue weighted by molar-refractivity contribution is 0.572. The second kappa shape index (κ2) is 7.15. The molecule has 0 bridgehead atoms. The third kappa shape index (κ3) is 5.56. The summed E-state index contributed by atoms with van der Waals surface area (Å²) in [5.41, 5.74) is 1.97. The molecule has 20 heavy (non-hydrogen) atoms. The van der Waals surface area contributed by atoms with Gasteiger partial charge < -0.3 is 5.32 Å². The summed E-state index contributed by atoms with van der Waals surface area (Å²) in [6.45, 7) is 3.19. The molecule has 112 valence electrons. The largest absolute Gasteiger partial charge is 0.314 e. The molecule has 6 heteroatoms. The standard InChI is InChI=1S/C14H23N3O2S/c1-12-6-8-15-10-13(12)11-17-20(18,19)9-3-2-7-16-14-4-5-14/h6,8,10,14,16-17H,2-5,7,9,11H2,1H3. The molecule has 0 atom stereocenters. The molecule has 0 radical (unpaired) electrons. The molecule has 1 aromatic heterocycles. The van der Waals surface area contributed by atoms with Gasteiger partial charge in [0.2, 0.25) is 10.0 Å². The van der Waals surface area contributed by atoms with Crippen LogP contribution in [0.3, 0.4) is 0 Å². The minimum absolute atomic E-state index is 0.193. The second-order valence-electron chi connectivity index (χ2n) is 5.38. The summed E-state index contributed by atoms with van der Waals surface area (Å²) in [5.74, 6) is 0.193. The van der Waals surface area contributed by atoms with E-state index < -0.39 is 10.0 Å². The van der Waals surface area contributed by atoms with Crippen LogP contribution in [0.1, 0.15) is 36.8 Å². The lowest BCUT2D eigenvalue weighted by Crippen LogP contribution is -2.27. The van der Waals surface area contributed by atoms with E-state index in [1.165, 1.54) is 12.8 Å². The van der Waals surface area contributed by atoms with Gasteiger partial charge in [-0.1, -0.05) is 0 Å². The van der Waals surface area contributed by atoms with E-state index in [4.69, 9.17) is 0 Å². The van der Waals surface area contributed by atoms with E-state index >= 15 is 0 Å². The third-order valence-corrected chi connectivity index (χ3v) is 4.89. The van der Waals surface area contributed by atoms with Crippen LogP contribution < -0.4 is 10.0 Å². The van der Waals surface area contributed by atoms with Crippen molar-refractivity contribution in [2.24, 2.45) is 0 Å². The van der Waals surface area contributed by atoms with Crippen molar-refractivity contribution in [2.75, 3.05) is 12.3 Å². The Hall–Kier alpha value is -0.980. The van der Waals surface area contributed by atoms with Gasteiger partial charge in [0.1, 0.15) is 0 Å². The molecular weight excluding hydrogens is 274 g/mol. The van der Waals surface area contributed by atoms with Crippen molar-refractivity contribution >= 4 is 10.0 Å². The smallest absolute Gasteiger partial charge is 0.211 e. The highest BCUT2D eigenvalue weighted by molar-refractivity contribution is 7.89. The Labute approximate surface area is 121 Å². The topological polar surface area (TPSA) is 71.1 Å². The number of unbranched alkanes of at least 4 members (excludes halogenated alkanes) is 1. The second-order valence-corrected chi connectivity index (χ2v) is 7.30. The predicted octanol–water partition coefficient (Wildman–Crippen LogP) is 1.34. The zero-order valence-electron chi connectivity index (χ0n) is 11.9. The summed E-state index contributed by atoms with van der Waals surface area (Å²) in [6, 6.07) is 2.57. The number of aryl methyl sites for hydroxylation is 1. The first-order chi connectivity index (χ1) is 9.57. The van der Waals surface area contributed by atoms with Crippen molar-refractivity contribution in [2.45, 2.75) is 45.2 Å². The number of nitrogens with one attached hydrogen (secondary N) is 2. The molecular formula is C14H23N3O2S. The zero-order valence-corrected chi connectivity index (χ0v) is 12.7. The van der Waals surface area contributed by atoms with E-state index in [-0.39, 0.29) is 5.75 Å². The van der Waals surface area contributed by atoms with Crippen molar-refractivity contribution in [3.05, 3.63) is 29.6 Å². The van der Waals surface area contributed by atoms with Gasteiger partial charge in [0.15, 0.2) is 0 Å². The molecule has 1 aromatic rings. The summed E-state index contributed by atoms with van der Waals surface area (Å²) >= 11 is 0. The van der Waals surface area contributed by atoms with Gasteiger partial charge in [-0.25, -0.2) is 13.1 Å². The fraction of sp³-hybridized carbons (Fsp3) is 0.643. The first kappa shape index (κ1) is 15.4. The van der Waals surface area contributed by atoms with Crippen LogP contribution in [0.15, 0.2) is 18.5 Å². The average molecular weight is 297 g/mol. The number of pyridine rings is 1. The summed E-state index contributed by atoms with van der Waals surface area (Å²) in [5, 5.41) is 3.38. The zero-order chi connectivity index (χ0) is 14.4. The molecule has 1 aliphatic carbocycles. The third-order valence-electron chi connectivity index (χ3n) is 3.48. The highest BCUT2D eigenvalue weighted by Gasteiger charge is 2.19. The minimum atomic E-state index is -3.19. The van der Waals surface area contributed by atoms with Crippen LogP contribution in [0.4, 0.5) is 0 Å². The Morgan fingerprint density at radius 3 is 2.85 bits per heavy atom. The number of nitrogens with zero attached hydrogens (tertiary/aromatic N) is 1. The van der Waals surface area contributed by atoms with E-state index in [0.717, 1.165) is 24.1 Å². The van der Waals surface area contributed by atoms with Crippen molar-refractivity contribution in [1.82, 2.24) is 15.0 Å². The van der Waals surface area contributed by atoms with Crippen molar-refractivity contribution in [3.63, 3.8) is 0 Å². The highest BCUT2D eigenvalue weighted by atomic mass is 32.2. The number of hydrogen-bond acceptors (Lipinski definition) is 4. The molecule has 1 aliphatic rings. The van der Waals surface area contributed by atoms with Crippen molar-refractivity contribution in [1.29, 1.82) is 0 Å². The van der Waals surface area contributed by atoms with Crippen LogP contribution in [-0.2, 0) is 16.6 Å². The van der Waals surface area contributed by atoms with Gasteiger partial charge in [-0.05, 0) is 56.3 Å². The molecule has 5 nitrogen and oxygen atoms in total. The van der Waals surface area contributed by atoms with E-state index in [2.05, 4.69) is 15.0 Å². The quantitative estimate of drug-likeness (QED) is 0.675. The van der Waals surface area contributed by atoms with Gasteiger partial charge in [-0.2, -0.15) is 0 Å². The summed E-state index contributed by atoms with van der Waals surface area (Å²) in [6.07, 6.45) is 7.55. The first-order valence-electron chi connectivity index (χ1n) is 7.17. The molecule has 1 heterocycles. The van der Waals surface area contributed by atoms with Crippen molar-refractivity contribution in [3.8, 4) is 0 Å². The molecule has 2 rings (SSSR count). The average Bonchev–Trinajstić information content (AvgIpc) is 3.21. The maximum absolute atomic E-state index is 11.9. The molecule has 1 saturated carbocycles. The van der Waals surface area contributed by atoms with Crippen LogP contribution in [0.2, 0.25) is 0 Å². The summed E-state index contributed by atoms with van der Waals surface area (Å²) in [4.78, 5) is 4.01. The Morgan fingerprint density at radius 2 is 2.15 bits per heavy atom. The highest BCUT2D eigenvalue weighted by Crippen LogP contribution is 2.18. The number of rotatable bonds is 9. The number of aromatic nitrogens is 1. The fourth-order valence-electron chi connectivity index (χ4n) is 1.95. The molecule has 1 fully saturated rings. The Bertz CT molecular complexity index is 527. The van der Waals surface area contributed by atoms with Gasteiger partial charge >= 0.3 is 0 Å². The maximum atomic E-state index is 11.9. The van der Waals surface area contributed by atoms with Gasteiger partial charge in [0.25, 0.3) is 0 Å². The molecule has 0 saturated heterocycles. The summed E-state index contributed by atoms with van der Waals surface area (Å²) in [7, 11) is -3.19. The maximum Gasteiger partial charge on any atom is 0.211 e. The van der Waals surface area contributed by atoms with Gasteiger partial charge in [0.05, 0.1) is 5.75 Å². The first-order valence-corrected chi connectivity index (χ1v) is 8.82. The van der Waals surface area contributed by atoms with Crippen LogP contribution >= 0.6 is 0 Å². The van der Waals surface area contributed by atoms with Crippen LogP contribution in [0, 0.1) is 6.92 Å². The van der Waals surface area contributed by atoms with Gasteiger partial charge in [0, 0.05) is 25.0 Å². The minimum Gasteiger partial charge on any atom is -0.314 e. The van der Waals surface area contributed by atoms with Crippen LogP contribution in [-0.4, -0.2) is 31.7 Å². The normalized spacial score (nSPS) is 15.4. The van der Waals surface area contributed by atoms with Crippen LogP contribution in [0.25, 0.3) is 0 Å². The van der Waals surface area contributed by atoms with Crippen molar-refractivity contribution < 1.29 is 8.42 Å². The molecule has 0 amide bonds. The van der Waals surface area contributed by atoms with Gasteiger partial charge in [-0.15, -0.1) is 0 Å². The summed E-state index contributed by atoms with van der Waals surface area (Å²) < 4.78 is 26.4. The molecule has 0 aromatic carbocycles. The lowest BCUT2D eigenvalue weighted by Gasteiger charge is -2.08.